The van der Waals surface area contributed by atoms with Crippen LogP contribution < -0.4 is 4.74 Å². The zero-order chi connectivity index (χ0) is 11.4. The van der Waals surface area contributed by atoms with Crippen LogP contribution >= 0.6 is 0 Å². The fourth-order valence-corrected chi connectivity index (χ4v) is 1.53. The van der Waals surface area contributed by atoms with E-state index in [4.69, 9.17) is 4.74 Å². The number of ether oxygens (including phenoxy) is 1. The lowest BCUT2D eigenvalue weighted by molar-refractivity contribution is 0.453. The van der Waals surface area contributed by atoms with Crippen molar-refractivity contribution in [1.29, 1.82) is 0 Å². The maximum atomic E-state index is 5.76. The summed E-state index contributed by atoms with van der Waals surface area (Å²) in [4.78, 5) is 4.27. The first kappa shape index (κ1) is 10.7. The molecule has 2 aromatic rings. The van der Waals surface area contributed by atoms with E-state index in [-0.39, 0.29) is 0 Å². The minimum Gasteiger partial charge on any atom is -0.439 e. The number of aromatic nitrogens is 1. The van der Waals surface area contributed by atoms with E-state index in [0.29, 0.717) is 11.8 Å². The molecule has 0 fully saturated rings. The Kier molecular flexibility index (Phi) is 3.20. The Morgan fingerprint density at radius 2 is 1.75 bits per heavy atom. The van der Waals surface area contributed by atoms with Crippen molar-refractivity contribution in [3.05, 3.63) is 54.2 Å². The van der Waals surface area contributed by atoms with Gasteiger partial charge >= 0.3 is 0 Å². The second kappa shape index (κ2) is 4.79. The van der Waals surface area contributed by atoms with Crippen molar-refractivity contribution in [3.8, 4) is 11.6 Å². The fraction of sp³-hybridized carbons (Fsp3) is 0.214. The average molecular weight is 213 g/mol. The molecule has 1 aromatic carbocycles. The van der Waals surface area contributed by atoms with E-state index < -0.39 is 0 Å². The first-order valence-corrected chi connectivity index (χ1v) is 5.45. The van der Waals surface area contributed by atoms with Crippen LogP contribution in [0.3, 0.4) is 0 Å². The Morgan fingerprint density at radius 1 is 1.00 bits per heavy atom. The predicted octanol–water partition coefficient (Wildman–Crippen LogP) is 4.00. The zero-order valence-corrected chi connectivity index (χ0v) is 9.55. The Bertz CT molecular complexity index is 451. The van der Waals surface area contributed by atoms with Gasteiger partial charge in [0.2, 0.25) is 5.88 Å². The normalized spacial score (nSPS) is 10.4. The molecule has 0 unspecified atom stereocenters. The fourth-order valence-electron chi connectivity index (χ4n) is 1.53. The van der Waals surface area contributed by atoms with Crippen molar-refractivity contribution in [2.75, 3.05) is 0 Å². The van der Waals surface area contributed by atoms with Crippen molar-refractivity contribution in [1.82, 2.24) is 4.98 Å². The van der Waals surface area contributed by atoms with Crippen molar-refractivity contribution in [3.63, 3.8) is 0 Å². The van der Waals surface area contributed by atoms with Crippen LogP contribution in [0.5, 0.6) is 11.6 Å². The van der Waals surface area contributed by atoms with E-state index in [2.05, 4.69) is 24.9 Å². The summed E-state index contributed by atoms with van der Waals surface area (Å²) in [6, 6.07) is 13.7. The van der Waals surface area contributed by atoms with Crippen LogP contribution in [0.4, 0.5) is 0 Å². The van der Waals surface area contributed by atoms with E-state index in [9.17, 15) is 0 Å². The van der Waals surface area contributed by atoms with E-state index in [0.717, 1.165) is 11.3 Å². The third kappa shape index (κ3) is 2.40. The maximum Gasteiger partial charge on any atom is 0.222 e. The van der Waals surface area contributed by atoms with E-state index in [1.54, 1.807) is 6.20 Å². The van der Waals surface area contributed by atoms with Crippen LogP contribution in [0, 0.1) is 0 Å². The topological polar surface area (TPSA) is 22.1 Å². The molecule has 0 aliphatic rings. The van der Waals surface area contributed by atoms with Gasteiger partial charge in [-0.3, -0.25) is 0 Å². The lowest BCUT2D eigenvalue weighted by Gasteiger charge is -2.11. The summed E-state index contributed by atoms with van der Waals surface area (Å²) >= 11 is 0. The van der Waals surface area contributed by atoms with E-state index in [1.165, 1.54) is 0 Å². The molecule has 0 bridgehead atoms. The van der Waals surface area contributed by atoms with Gasteiger partial charge in [-0.1, -0.05) is 38.1 Å². The van der Waals surface area contributed by atoms with Crippen molar-refractivity contribution >= 4 is 0 Å². The summed E-state index contributed by atoms with van der Waals surface area (Å²) in [5.41, 5.74) is 1.13. The molecule has 16 heavy (non-hydrogen) atoms. The van der Waals surface area contributed by atoms with Crippen LogP contribution in [-0.4, -0.2) is 4.98 Å². The summed E-state index contributed by atoms with van der Waals surface area (Å²) in [6.45, 7) is 4.27. The Morgan fingerprint density at radius 3 is 2.44 bits per heavy atom. The van der Waals surface area contributed by atoms with Crippen LogP contribution in [0.25, 0.3) is 0 Å². The third-order valence-corrected chi connectivity index (χ3v) is 2.38. The molecule has 0 aliphatic heterocycles. The molecule has 1 heterocycles. The molecular formula is C14H15NO. The number of pyridine rings is 1. The standard InChI is InChI=1S/C14H15NO/c1-11(2)13-9-6-10-15-14(13)16-12-7-4-3-5-8-12/h3-11H,1-2H3. The summed E-state index contributed by atoms with van der Waals surface area (Å²) < 4.78 is 5.76. The highest BCUT2D eigenvalue weighted by atomic mass is 16.5. The molecule has 0 saturated heterocycles. The van der Waals surface area contributed by atoms with Crippen molar-refractivity contribution in [2.45, 2.75) is 19.8 Å². The average Bonchev–Trinajstić information content (AvgIpc) is 2.31. The van der Waals surface area contributed by atoms with Crippen molar-refractivity contribution in [2.24, 2.45) is 0 Å². The van der Waals surface area contributed by atoms with Gasteiger partial charge in [-0.15, -0.1) is 0 Å². The van der Waals surface area contributed by atoms with E-state index in [1.807, 2.05) is 36.4 Å². The number of benzene rings is 1. The van der Waals surface area contributed by atoms with Crippen LogP contribution in [0.2, 0.25) is 0 Å². The highest BCUT2D eigenvalue weighted by Gasteiger charge is 2.08. The monoisotopic (exact) mass is 213 g/mol. The molecule has 0 saturated carbocycles. The lowest BCUT2D eigenvalue weighted by Crippen LogP contribution is -1.95. The quantitative estimate of drug-likeness (QED) is 0.768. The zero-order valence-electron chi connectivity index (χ0n) is 9.55. The smallest absolute Gasteiger partial charge is 0.222 e. The second-order valence-electron chi connectivity index (χ2n) is 3.97. The third-order valence-electron chi connectivity index (χ3n) is 2.38. The molecule has 0 amide bonds. The van der Waals surface area contributed by atoms with Gasteiger partial charge in [0.25, 0.3) is 0 Å². The van der Waals surface area contributed by atoms with Crippen LogP contribution in [0.15, 0.2) is 48.7 Å². The molecule has 0 spiro atoms. The molecule has 1 aromatic heterocycles. The SMILES string of the molecule is CC(C)c1cccnc1Oc1ccccc1. The molecule has 2 rings (SSSR count). The molecule has 82 valence electrons. The highest BCUT2D eigenvalue weighted by molar-refractivity contribution is 5.33. The largest absolute Gasteiger partial charge is 0.439 e. The number of hydrogen-bond acceptors (Lipinski definition) is 2. The molecule has 0 aliphatic carbocycles. The number of nitrogens with zero attached hydrogens (tertiary/aromatic N) is 1. The van der Waals surface area contributed by atoms with Gasteiger partial charge < -0.3 is 4.74 Å². The van der Waals surface area contributed by atoms with Gasteiger partial charge in [0.05, 0.1) is 0 Å². The summed E-state index contributed by atoms with van der Waals surface area (Å²) in [5, 5.41) is 0. The van der Waals surface area contributed by atoms with Crippen molar-refractivity contribution < 1.29 is 4.74 Å². The molecule has 2 nitrogen and oxygen atoms in total. The van der Waals surface area contributed by atoms with Gasteiger partial charge in [-0.25, -0.2) is 4.98 Å². The van der Waals surface area contributed by atoms with Gasteiger partial charge in [0.1, 0.15) is 5.75 Å². The molecule has 2 heteroatoms. The minimum absolute atomic E-state index is 0.410. The minimum atomic E-state index is 0.410. The Balaban J connectivity index is 2.28. The summed E-state index contributed by atoms with van der Waals surface area (Å²) in [5.74, 6) is 1.93. The van der Waals surface area contributed by atoms with Crippen LogP contribution in [-0.2, 0) is 0 Å². The van der Waals surface area contributed by atoms with Crippen LogP contribution in [0.1, 0.15) is 25.3 Å². The molecule has 0 atom stereocenters. The van der Waals surface area contributed by atoms with Gasteiger partial charge in [0, 0.05) is 11.8 Å². The first-order chi connectivity index (χ1) is 7.77. The number of hydrogen-bond donors (Lipinski definition) is 0. The second-order valence-corrected chi connectivity index (χ2v) is 3.97. The molecular weight excluding hydrogens is 198 g/mol. The Hall–Kier alpha value is -1.83. The Labute approximate surface area is 95.9 Å². The van der Waals surface area contributed by atoms with Gasteiger partial charge in [-0.05, 0) is 24.1 Å². The van der Waals surface area contributed by atoms with Gasteiger partial charge in [-0.2, -0.15) is 0 Å². The molecule has 0 N–H and O–H groups in total. The maximum absolute atomic E-state index is 5.76. The van der Waals surface area contributed by atoms with E-state index >= 15 is 0 Å². The lowest BCUT2D eigenvalue weighted by atomic mass is 10.1. The number of rotatable bonds is 3. The summed E-state index contributed by atoms with van der Waals surface area (Å²) in [7, 11) is 0. The highest BCUT2D eigenvalue weighted by Crippen LogP contribution is 2.27. The molecule has 0 radical (unpaired) electrons. The number of para-hydroxylation sites is 1. The van der Waals surface area contributed by atoms with Gasteiger partial charge in [0.15, 0.2) is 0 Å². The summed E-state index contributed by atoms with van der Waals surface area (Å²) in [6.07, 6.45) is 1.75. The predicted molar refractivity (Wildman–Crippen MR) is 64.8 cm³/mol. The first-order valence-electron chi connectivity index (χ1n) is 5.45.